The quantitative estimate of drug-likeness (QED) is 0.765. The fourth-order valence-corrected chi connectivity index (χ4v) is 2.26. The second kappa shape index (κ2) is 6.10. The summed E-state index contributed by atoms with van der Waals surface area (Å²) < 4.78 is 5.61. The smallest absolute Gasteiger partial charge is 0.194 e. The normalized spacial score (nSPS) is 10.7. The molecule has 20 heavy (non-hydrogen) atoms. The van der Waals surface area contributed by atoms with Crippen molar-refractivity contribution in [3.8, 4) is 5.75 Å². The molecular formula is C17H17ClO2. The van der Waals surface area contributed by atoms with Gasteiger partial charge in [-0.15, -0.1) is 0 Å². The van der Waals surface area contributed by atoms with Gasteiger partial charge in [-0.25, -0.2) is 0 Å². The van der Waals surface area contributed by atoms with Crippen molar-refractivity contribution in [2.24, 2.45) is 0 Å². The fraction of sp³-hybridized carbons (Fsp3) is 0.235. The van der Waals surface area contributed by atoms with Crippen molar-refractivity contribution in [2.45, 2.75) is 26.9 Å². The molecule has 2 aromatic carbocycles. The highest BCUT2D eigenvalue weighted by atomic mass is 35.5. The zero-order valence-electron chi connectivity index (χ0n) is 11.8. The molecule has 0 bridgehead atoms. The average molecular weight is 289 g/mol. The first-order valence-electron chi connectivity index (χ1n) is 6.55. The molecule has 0 unspecified atom stereocenters. The van der Waals surface area contributed by atoms with E-state index in [1.54, 1.807) is 24.3 Å². The molecule has 0 aliphatic heterocycles. The number of aryl methyl sites for hydroxylation is 1. The van der Waals surface area contributed by atoms with Crippen molar-refractivity contribution in [3.63, 3.8) is 0 Å². The van der Waals surface area contributed by atoms with Gasteiger partial charge in [-0.1, -0.05) is 29.8 Å². The summed E-state index contributed by atoms with van der Waals surface area (Å²) >= 11 is 6.15. The number of hydrogen-bond donors (Lipinski definition) is 0. The number of halogens is 1. The van der Waals surface area contributed by atoms with Crippen LogP contribution in [0, 0.1) is 6.92 Å². The SMILES string of the molecule is Cc1ccc(C(=O)c2cccc(OC(C)C)c2)c(Cl)c1. The minimum Gasteiger partial charge on any atom is -0.491 e. The number of benzene rings is 2. The Balaban J connectivity index is 2.33. The van der Waals surface area contributed by atoms with Crippen LogP contribution in [-0.2, 0) is 0 Å². The van der Waals surface area contributed by atoms with E-state index in [-0.39, 0.29) is 11.9 Å². The third-order valence-electron chi connectivity index (χ3n) is 2.84. The Morgan fingerprint density at radius 1 is 1.15 bits per heavy atom. The van der Waals surface area contributed by atoms with Gasteiger partial charge >= 0.3 is 0 Å². The van der Waals surface area contributed by atoms with Gasteiger partial charge in [0.25, 0.3) is 0 Å². The molecule has 0 aliphatic rings. The second-order valence-electron chi connectivity index (χ2n) is 5.01. The van der Waals surface area contributed by atoms with Gasteiger partial charge in [-0.2, -0.15) is 0 Å². The average Bonchev–Trinajstić information content (AvgIpc) is 2.37. The zero-order chi connectivity index (χ0) is 14.7. The largest absolute Gasteiger partial charge is 0.491 e. The van der Waals surface area contributed by atoms with Gasteiger partial charge in [-0.3, -0.25) is 4.79 Å². The number of carbonyl (C=O) groups excluding carboxylic acids is 1. The first-order chi connectivity index (χ1) is 9.47. The Bertz CT molecular complexity index is 633. The van der Waals surface area contributed by atoms with Crippen LogP contribution in [0.3, 0.4) is 0 Å². The summed E-state index contributed by atoms with van der Waals surface area (Å²) in [6, 6.07) is 12.6. The Labute approximate surface area is 124 Å². The van der Waals surface area contributed by atoms with E-state index in [4.69, 9.17) is 16.3 Å². The van der Waals surface area contributed by atoms with Gasteiger partial charge < -0.3 is 4.74 Å². The van der Waals surface area contributed by atoms with Crippen LogP contribution in [0.1, 0.15) is 35.3 Å². The highest BCUT2D eigenvalue weighted by molar-refractivity contribution is 6.35. The lowest BCUT2D eigenvalue weighted by molar-refractivity contribution is 0.103. The summed E-state index contributed by atoms with van der Waals surface area (Å²) in [5.74, 6) is 0.596. The van der Waals surface area contributed by atoms with Crippen molar-refractivity contribution in [3.05, 3.63) is 64.2 Å². The zero-order valence-corrected chi connectivity index (χ0v) is 12.6. The van der Waals surface area contributed by atoms with Crippen molar-refractivity contribution in [1.29, 1.82) is 0 Å². The predicted molar refractivity (Wildman–Crippen MR) is 81.8 cm³/mol. The topological polar surface area (TPSA) is 26.3 Å². The summed E-state index contributed by atoms with van der Waals surface area (Å²) in [6.45, 7) is 5.84. The van der Waals surface area contributed by atoms with E-state index in [1.165, 1.54) is 0 Å². The lowest BCUT2D eigenvalue weighted by Crippen LogP contribution is -2.07. The molecule has 3 heteroatoms. The van der Waals surface area contributed by atoms with E-state index in [1.807, 2.05) is 39.0 Å². The summed E-state index contributed by atoms with van der Waals surface area (Å²) in [7, 11) is 0. The number of carbonyl (C=O) groups is 1. The Morgan fingerprint density at radius 3 is 2.55 bits per heavy atom. The highest BCUT2D eigenvalue weighted by Gasteiger charge is 2.13. The van der Waals surface area contributed by atoms with Crippen molar-refractivity contribution in [2.75, 3.05) is 0 Å². The number of ketones is 1. The fourth-order valence-electron chi connectivity index (χ4n) is 1.94. The molecule has 2 nitrogen and oxygen atoms in total. The minimum atomic E-state index is -0.0933. The molecule has 0 saturated carbocycles. The van der Waals surface area contributed by atoms with Gasteiger partial charge in [-0.05, 0) is 50.6 Å². The van der Waals surface area contributed by atoms with E-state index in [9.17, 15) is 4.79 Å². The number of rotatable bonds is 4. The summed E-state index contributed by atoms with van der Waals surface area (Å²) in [6.07, 6.45) is 0.0725. The standard InChI is InChI=1S/C17H17ClO2/c1-11(2)20-14-6-4-5-13(10-14)17(19)15-8-7-12(3)9-16(15)18/h4-11H,1-3H3. The first-order valence-corrected chi connectivity index (χ1v) is 6.92. The molecule has 0 amide bonds. The molecular weight excluding hydrogens is 272 g/mol. The molecule has 0 fully saturated rings. The second-order valence-corrected chi connectivity index (χ2v) is 5.41. The van der Waals surface area contributed by atoms with Crippen molar-refractivity contribution >= 4 is 17.4 Å². The molecule has 0 radical (unpaired) electrons. The Kier molecular flexibility index (Phi) is 4.46. The maximum atomic E-state index is 12.5. The van der Waals surface area contributed by atoms with E-state index in [0.29, 0.717) is 21.9 Å². The monoisotopic (exact) mass is 288 g/mol. The molecule has 0 N–H and O–H groups in total. The summed E-state index contributed by atoms with van der Waals surface area (Å²) in [4.78, 5) is 12.5. The van der Waals surface area contributed by atoms with Gasteiger partial charge in [0.2, 0.25) is 0 Å². The molecule has 104 valence electrons. The molecule has 0 heterocycles. The highest BCUT2D eigenvalue weighted by Crippen LogP contribution is 2.23. The molecule has 0 aromatic heterocycles. The van der Waals surface area contributed by atoms with Crippen molar-refractivity contribution in [1.82, 2.24) is 0 Å². The van der Waals surface area contributed by atoms with Crippen molar-refractivity contribution < 1.29 is 9.53 Å². The van der Waals surface area contributed by atoms with Gasteiger partial charge in [0, 0.05) is 11.1 Å². The maximum absolute atomic E-state index is 12.5. The Hall–Kier alpha value is -1.80. The Morgan fingerprint density at radius 2 is 1.90 bits per heavy atom. The number of ether oxygens (including phenoxy) is 1. The third-order valence-corrected chi connectivity index (χ3v) is 3.15. The third kappa shape index (κ3) is 3.40. The van der Waals surface area contributed by atoms with Crippen LogP contribution in [0.4, 0.5) is 0 Å². The van der Waals surface area contributed by atoms with Crippen LogP contribution in [0.15, 0.2) is 42.5 Å². The lowest BCUT2D eigenvalue weighted by Gasteiger charge is -2.11. The van der Waals surface area contributed by atoms with Gasteiger partial charge in [0.05, 0.1) is 11.1 Å². The van der Waals surface area contributed by atoms with E-state index < -0.39 is 0 Å². The van der Waals surface area contributed by atoms with Crippen LogP contribution in [-0.4, -0.2) is 11.9 Å². The van der Waals surface area contributed by atoms with Gasteiger partial charge in [0.15, 0.2) is 5.78 Å². The summed E-state index contributed by atoms with van der Waals surface area (Å²) in [5.41, 5.74) is 2.12. The van der Waals surface area contributed by atoms with Crippen LogP contribution in [0.2, 0.25) is 5.02 Å². The maximum Gasteiger partial charge on any atom is 0.194 e. The number of hydrogen-bond acceptors (Lipinski definition) is 2. The van der Waals surface area contributed by atoms with E-state index in [2.05, 4.69) is 0 Å². The predicted octanol–water partition coefficient (Wildman–Crippen LogP) is 4.67. The van der Waals surface area contributed by atoms with E-state index >= 15 is 0 Å². The summed E-state index contributed by atoms with van der Waals surface area (Å²) in [5, 5.41) is 0.477. The molecule has 0 aliphatic carbocycles. The molecule has 0 spiro atoms. The molecule has 0 atom stereocenters. The van der Waals surface area contributed by atoms with E-state index in [0.717, 1.165) is 5.56 Å². The molecule has 2 aromatic rings. The van der Waals surface area contributed by atoms with Crippen LogP contribution >= 0.6 is 11.6 Å². The molecule has 0 saturated heterocycles. The molecule has 2 rings (SSSR count). The minimum absolute atomic E-state index is 0.0725. The van der Waals surface area contributed by atoms with Crippen LogP contribution < -0.4 is 4.74 Å². The van der Waals surface area contributed by atoms with Crippen LogP contribution in [0.5, 0.6) is 5.75 Å². The van der Waals surface area contributed by atoms with Crippen LogP contribution in [0.25, 0.3) is 0 Å². The van der Waals surface area contributed by atoms with Gasteiger partial charge in [0.1, 0.15) is 5.75 Å². The lowest BCUT2D eigenvalue weighted by atomic mass is 10.0. The first kappa shape index (κ1) is 14.6.